The second-order valence-electron chi connectivity index (χ2n) is 6.71. The molecule has 0 unspecified atom stereocenters. The highest BCUT2D eigenvalue weighted by atomic mass is 35.5. The van der Waals surface area contributed by atoms with Gasteiger partial charge in [-0.1, -0.05) is 31.5 Å². The van der Waals surface area contributed by atoms with Gasteiger partial charge in [0.1, 0.15) is 5.82 Å². The largest absolute Gasteiger partial charge is 0.330 e. The molecule has 0 atom stereocenters. The number of hydrogen-bond donors (Lipinski definition) is 1. The van der Waals surface area contributed by atoms with Gasteiger partial charge in [0, 0.05) is 0 Å². The Bertz CT molecular complexity index is 450. The van der Waals surface area contributed by atoms with Gasteiger partial charge in [-0.15, -0.1) is 0 Å². The fourth-order valence-corrected chi connectivity index (χ4v) is 3.57. The SMILES string of the molecule is CC(C)C1CCC(CN)(Cc2ccc(Cl)c(F)c2)CC1. The van der Waals surface area contributed by atoms with E-state index in [0.29, 0.717) is 6.54 Å². The molecule has 1 fully saturated rings. The lowest BCUT2D eigenvalue weighted by Crippen LogP contribution is -2.37. The molecule has 0 heterocycles. The minimum absolute atomic E-state index is 0.145. The van der Waals surface area contributed by atoms with E-state index < -0.39 is 0 Å². The Kier molecular flexibility index (Phi) is 5.09. The number of halogens is 2. The zero-order valence-corrected chi connectivity index (χ0v) is 13.2. The maximum atomic E-state index is 13.6. The predicted molar refractivity (Wildman–Crippen MR) is 83.4 cm³/mol. The van der Waals surface area contributed by atoms with E-state index in [4.69, 9.17) is 17.3 Å². The van der Waals surface area contributed by atoms with E-state index in [1.165, 1.54) is 12.8 Å². The van der Waals surface area contributed by atoms with Gasteiger partial charge in [-0.2, -0.15) is 0 Å². The molecule has 112 valence electrons. The summed E-state index contributed by atoms with van der Waals surface area (Å²) in [5, 5.41) is 0.194. The molecule has 20 heavy (non-hydrogen) atoms. The first kappa shape index (κ1) is 15.8. The highest BCUT2D eigenvalue weighted by Gasteiger charge is 2.35. The molecule has 2 N–H and O–H groups in total. The fourth-order valence-electron chi connectivity index (χ4n) is 3.45. The number of benzene rings is 1. The first-order valence-corrected chi connectivity index (χ1v) is 7.97. The molecule has 1 nitrogen and oxygen atoms in total. The average Bonchev–Trinajstić information content (AvgIpc) is 2.43. The van der Waals surface area contributed by atoms with Crippen LogP contribution in [-0.4, -0.2) is 6.54 Å². The molecule has 1 aromatic carbocycles. The molecule has 0 spiro atoms. The molecule has 0 radical (unpaired) electrons. The third-order valence-electron chi connectivity index (χ3n) is 5.03. The van der Waals surface area contributed by atoms with Gasteiger partial charge in [0.25, 0.3) is 0 Å². The summed E-state index contributed by atoms with van der Waals surface area (Å²) in [6, 6.07) is 5.14. The molecule has 1 aromatic rings. The highest BCUT2D eigenvalue weighted by Crippen LogP contribution is 2.43. The Morgan fingerprint density at radius 3 is 2.50 bits per heavy atom. The first-order valence-electron chi connectivity index (χ1n) is 7.60. The third kappa shape index (κ3) is 3.53. The van der Waals surface area contributed by atoms with Crippen LogP contribution in [-0.2, 0) is 6.42 Å². The maximum Gasteiger partial charge on any atom is 0.142 e. The molecule has 1 aliphatic carbocycles. The summed E-state index contributed by atoms with van der Waals surface area (Å²) in [5.41, 5.74) is 7.21. The van der Waals surface area contributed by atoms with Crippen molar-refractivity contribution in [1.29, 1.82) is 0 Å². The molecule has 2 rings (SSSR count). The summed E-state index contributed by atoms with van der Waals surface area (Å²) in [5.74, 6) is 1.24. The summed E-state index contributed by atoms with van der Waals surface area (Å²) < 4.78 is 13.6. The van der Waals surface area contributed by atoms with Crippen molar-refractivity contribution in [1.82, 2.24) is 0 Å². The van der Waals surface area contributed by atoms with E-state index in [2.05, 4.69) is 13.8 Å². The smallest absolute Gasteiger partial charge is 0.142 e. The normalized spacial score (nSPS) is 27.0. The van der Waals surface area contributed by atoms with Gasteiger partial charge in [-0.25, -0.2) is 4.39 Å². The second-order valence-corrected chi connectivity index (χ2v) is 7.12. The molecule has 0 amide bonds. The van der Waals surface area contributed by atoms with E-state index in [-0.39, 0.29) is 16.3 Å². The van der Waals surface area contributed by atoms with E-state index in [0.717, 1.165) is 36.7 Å². The van der Waals surface area contributed by atoms with Crippen LogP contribution < -0.4 is 5.73 Å². The van der Waals surface area contributed by atoms with E-state index >= 15 is 0 Å². The summed E-state index contributed by atoms with van der Waals surface area (Å²) in [6.07, 6.45) is 5.64. The minimum atomic E-state index is -0.327. The van der Waals surface area contributed by atoms with Crippen LogP contribution >= 0.6 is 11.6 Å². The van der Waals surface area contributed by atoms with Crippen molar-refractivity contribution in [2.45, 2.75) is 46.0 Å². The van der Waals surface area contributed by atoms with E-state index in [9.17, 15) is 4.39 Å². The monoisotopic (exact) mass is 297 g/mol. The Labute approximate surface area is 126 Å². The first-order chi connectivity index (χ1) is 9.46. The van der Waals surface area contributed by atoms with Crippen LogP contribution in [0.3, 0.4) is 0 Å². The summed E-state index contributed by atoms with van der Waals surface area (Å²) >= 11 is 5.75. The second kappa shape index (κ2) is 6.44. The van der Waals surface area contributed by atoms with E-state index in [1.54, 1.807) is 12.1 Å². The third-order valence-corrected chi connectivity index (χ3v) is 5.34. The molecule has 1 aliphatic rings. The molecule has 3 heteroatoms. The summed E-state index contributed by atoms with van der Waals surface area (Å²) in [4.78, 5) is 0. The van der Waals surface area contributed by atoms with Crippen LogP contribution in [0, 0.1) is 23.1 Å². The lowest BCUT2D eigenvalue weighted by Gasteiger charge is -2.41. The molecular weight excluding hydrogens is 273 g/mol. The molecule has 0 bridgehead atoms. The lowest BCUT2D eigenvalue weighted by molar-refractivity contribution is 0.132. The minimum Gasteiger partial charge on any atom is -0.330 e. The van der Waals surface area contributed by atoms with Crippen LogP contribution in [0.15, 0.2) is 18.2 Å². The Balaban J connectivity index is 2.07. The quantitative estimate of drug-likeness (QED) is 0.847. The van der Waals surface area contributed by atoms with Crippen LogP contribution in [0.25, 0.3) is 0 Å². The van der Waals surface area contributed by atoms with Gasteiger partial charge < -0.3 is 5.73 Å². The fraction of sp³-hybridized carbons (Fsp3) is 0.647. The lowest BCUT2D eigenvalue weighted by atomic mass is 9.65. The molecule has 1 saturated carbocycles. The van der Waals surface area contributed by atoms with Crippen molar-refractivity contribution in [2.24, 2.45) is 23.0 Å². The molecule has 0 aliphatic heterocycles. The zero-order chi connectivity index (χ0) is 14.8. The van der Waals surface area contributed by atoms with Gasteiger partial charge in [0.2, 0.25) is 0 Å². The zero-order valence-electron chi connectivity index (χ0n) is 12.5. The van der Waals surface area contributed by atoms with Crippen molar-refractivity contribution >= 4 is 11.6 Å². The Morgan fingerprint density at radius 2 is 2.00 bits per heavy atom. The number of hydrogen-bond acceptors (Lipinski definition) is 1. The Hall–Kier alpha value is -0.600. The topological polar surface area (TPSA) is 26.0 Å². The van der Waals surface area contributed by atoms with Crippen molar-refractivity contribution in [3.05, 3.63) is 34.6 Å². The van der Waals surface area contributed by atoms with Gasteiger partial charge in [0.05, 0.1) is 5.02 Å². The average molecular weight is 298 g/mol. The maximum absolute atomic E-state index is 13.6. The van der Waals surface area contributed by atoms with Gasteiger partial charge in [0.15, 0.2) is 0 Å². The summed E-state index contributed by atoms with van der Waals surface area (Å²) in [6.45, 7) is 5.28. The van der Waals surface area contributed by atoms with Gasteiger partial charge in [-0.3, -0.25) is 0 Å². The van der Waals surface area contributed by atoms with Crippen molar-refractivity contribution in [2.75, 3.05) is 6.54 Å². The van der Waals surface area contributed by atoms with E-state index in [1.807, 2.05) is 6.07 Å². The van der Waals surface area contributed by atoms with Gasteiger partial charge in [-0.05, 0) is 73.6 Å². The molecular formula is C17H25ClFN. The summed E-state index contributed by atoms with van der Waals surface area (Å²) in [7, 11) is 0. The molecule has 0 saturated heterocycles. The Morgan fingerprint density at radius 1 is 1.35 bits per heavy atom. The van der Waals surface area contributed by atoms with Crippen LogP contribution in [0.1, 0.15) is 45.1 Å². The van der Waals surface area contributed by atoms with Gasteiger partial charge >= 0.3 is 0 Å². The highest BCUT2D eigenvalue weighted by molar-refractivity contribution is 6.30. The number of rotatable bonds is 4. The molecule has 0 aromatic heterocycles. The standard InChI is InChI=1S/C17H25ClFN/c1-12(2)14-5-7-17(11-20,8-6-14)10-13-3-4-15(18)16(19)9-13/h3-4,9,12,14H,5-8,10-11,20H2,1-2H3. The van der Waals surface area contributed by atoms with Crippen LogP contribution in [0.5, 0.6) is 0 Å². The van der Waals surface area contributed by atoms with Crippen LogP contribution in [0.4, 0.5) is 4.39 Å². The predicted octanol–water partition coefficient (Wildman–Crippen LogP) is 4.81. The van der Waals surface area contributed by atoms with Crippen molar-refractivity contribution in [3.63, 3.8) is 0 Å². The van der Waals surface area contributed by atoms with Crippen molar-refractivity contribution < 1.29 is 4.39 Å². The van der Waals surface area contributed by atoms with Crippen molar-refractivity contribution in [3.8, 4) is 0 Å². The van der Waals surface area contributed by atoms with Crippen LogP contribution in [0.2, 0.25) is 5.02 Å². The number of nitrogens with two attached hydrogens (primary N) is 1.